The summed E-state index contributed by atoms with van der Waals surface area (Å²) in [5, 5.41) is 10.9. The van der Waals surface area contributed by atoms with Crippen LogP contribution in [0, 0.1) is 12.8 Å². The lowest BCUT2D eigenvalue weighted by Crippen LogP contribution is -2.38. The maximum absolute atomic E-state index is 5.58. The van der Waals surface area contributed by atoms with Gasteiger partial charge in [-0.3, -0.25) is 9.67 Å². The van der Waals surface area contributed by atoms with E-state index in [-0.39, 0.29) is 24.0 Å². The number of guanidine groups is 1. The van der Waals surface area contributed by atoms with Gasteiger partial charge in [0, 0.05) is 45.6 Å². The molecule has 140 valence electrons. The monoisotopic (exact) mass is 451 g/mol. The Balaban J connectivity index is 0.00000529. The quantitative estimate of drug-likeness (QED) is 0.235. The van der Waals surface area contributed by atoms with Crippen LogP contribution in [0.15, 0.2) is 17.4 Å². The summed E-state index contributed by atoms with van der Waals surface area (Å²) in [4.78, 5) is 4.59. The summed E-state index contributed by atoms with van der Waals surface area (Å²) in [5.74, 6) is 1.48. The predicted molar refractivity (Wildman–Crippen MR) is 111 cm³/mol. The summed E-state index contributed by atoms with van der Waals surface area (Å²) in [6.07, 6.45) is 5.92. The van der Waals surface area contributed by atoms with Crippen LogP contribution in [-0.4, -0.2) is 48.6 Å². The number of halogens is 1. The smallest absolute Gasteiger partial charge is 0.191 e. The molecule has 6 nitrogen and oxygen atoms in total. The van der Waals surface area contributed by atoms with Crippen LogP contribution >= 0.6 is 24.0 Å². The zero-order valence-corrected chi connectivity index (χ0v) is 17.9. The minimum atomic E-state index is 0. The van der Waals surface area contributed by atoms with E-state index in [1.165, 1.54) is 5.56 Å². The Kier molecular flexibility index (Phi) is 14.0. The lowest BCUT2D eigenvalue weighted by molar-refractivity contribution is 0.108. The molecule has 0 aliphatic rings. The molecule has 0 amide bonds. The molecule has 1 aromatic heterocycles. The molecule has 0 bridgehead atoms. The van der Waals surface area contributed by atoms with Crippen molar-refractivity contribution in [3.63, 3.8) is 0 Å². The Morgan fingerprint density at radius 3 is 2.75 bits per heavy atom. The molecule has 0 fully saturated rings. The van der Waals surface area contributed by atoms with E-state index in [0.29, 0.717) is 5.92 Å². The topological polar surface area (TPSA) is 63.5 Å². The van der Waals surface area contributed by atoms with E-state index in [0.717, 1.165) is 58.2 Å². The van der Waals surface area contributed by atoms with Gasteiger partial charge in [0.05, 0.1) is 6.20 Å². The Hall–Kier alpha value is -0.830. The maximum Gasteiger partial charge on any atom is 0.191 e. The molecule has 0 aromatic carbocycles. The number of hydrogen-bond acceptors (Lipinski definition) is 3. The first kappa shape index (κ1) is 23.2. The summed E-state index contributed by atoms with van der Waals surface area (Å²) in [6.45, 7) is 13.5. The summed E-state index contributed by atoms with van der Waals surface area (Å²) in [7, 11) is 0. The van der Waals surface area contributed by atoms with Crippen LogP contribution < -0.4 is 10.6 Å². The van der Waals surface area contributed by atoms with Crippen LogP contribution in [0.3, 0.4) is 0 Å². The van der Waals surface area contributed by atoms with E-state index in [1.54, 1.807) is 0 Å². The fraction of sp³-hybridized carbons (Fsp3) is 0.765. The van der Waals surface area contributed by atoms with Gasteiger partial charge in [-0.1, -0.05) is 13.8 Å². The van der Waals surface area contributed by atoms with E-state index >= 15 is 0 Å². The average molecular weight is 451 g/mol. The first-order chi connectivity index (χ1) is 11.1. The van der Waals surface area contributed by atoms with Crippen molar-refractivity contribution in [3.8, 4) is 0 Å². The van der Waals surface area contributed by atoms with Crippen LogP contribution in [0.25, 0.3) is 0 Å². The second-order valence-electron chi connectivity index (χ2n) is 6.14. The molecule has 0 radical (unpaired) electrons. The first-order valence-corrected chi connectivity index (χ1v) is 8.70. The molecule has 0 atom stereocenters. The second kappa shape index (κ2) is 14.5. The molecule has 0 spiro atoms. The van der Waals surface area contributed by atoms with Crippen LogP contribution in [0.1, 0.15) is 39.2 Å². The lowest BCUT2D eigenvalue weighted by Gasteiger charge is -2.12. The molecule has 7 heteroatoms. The minimum Gasteiger partial charge on any atom is -0.381 e. The van der Waals surface area contributed by atoms with Crippen molar-refractivity contribution in [2.75, 3.05) is 32.8 Å². The molecule has 0 saturated heterocycles. The van der Waals surface area contributed by atoms with Gasteiger partial charge in [-0.25, -0.2) is 0 Å². The molecule has 0 saturated carbocycles. The van der Waals surface area contributed by atoms with Crippen molar-refractivity contribution in [2.24, 2.45) is 10.9 Å². The minimum absolute atomic E-state index is 0. The van der Waals surface area contributed by atoms with Gasteiger partial charge in [-0.2, -0.15) is 5.10 Å². The van der Waals surface area contributed by atoms with E-state index < -0.39 is 0 Å². The largest absolute Gasteiger partial charge is 0.381 e. The fourth-order valence-electron chi connectivity index (χ4n) is 2.05. The van der Waals surface area contributed by atoms with E-state index in [1.807, 2.05) is 10.9 Å². The number of aromatic nitrogens is 2. The van der Waals surface area contributed by atoms with Gasteiger partial charge in [-0.05, 0) is 38.2 Å². The van der Waals surface area contributed by atoms with E-state index in [4.69, 9.17) is 4.74 Å². The van der Waals surface area contributed by atoms with Gasteiger partial charge in [0.1, 0.15) is 0 Å². The molecule has 1 heterocycles. The van der Waals surface area contributed by atoms with Crippen molar-refractivity contribution in [3.05, 3.63) is 18.0 Å². The molecule has 2 N–H and O–H groups in total. The molecular weight excluding hydrogens is 417 g/mol. The van der Waals surface area contributed by atoms with Crippen molar-refractivity contribution < 1.29 is 4.74 Å². The Morgan fingerprint density at radius 1 is 1.33 bits per heavy atom. The Morgan fingerprint density at radius 2 is 2.12 bits per heavy atom. The molecule has 24 heavy (non-hydrogen) atoms. The number of aryl methyl sites for hydroxylation is 2. The van der Waals surface area contributed by atoms with Crippen LogP contribution in [0.4, 0.5) is 0 Å². The van der Waals surface area contributed by atoms with E-state index in [9.17, 15) is 0 Å². The lowest BCUT2D eigenvalue weighted by atomic mass is 10.2. The molecule has 1 aromatic rings. The third-order valence-corrected chi connectivity index (χ3v) is 3.13. The zero-order chi connectivity index (χ0) is 16.9. The van der Waals surface area contributed by atoms with Gasteiger partial charge in [0.25, 0.3) is 0 Å². The maximum atomic E-state index is 5.58. The summed E-state index contributed by atoms with van der Waals surface area (Å²) < 4.78 is 7.55. The third-order valence-electron chi connectivity index (χ3n) is 3.13. The Labute approximate surface area is 163 Å². The van der Waals surface area contributed by atoms with Gasteiger partial charge < -0.3 is 15.4 Å². The SMILES string of the molecule is CCNC(=NCCCn1cc(C)cn1)NCCCOCC(C)C.I. The second-order valence-corrected chi connectivity index (χ2v) is 6.14. The van der Waals surface area contributed by atoms with Gasteiger partial charge in [-0.15, -0.1) is 24.0 Å². The Bertz CT molecular complexity index is 448. The van der Waals surface area contributed by atoms with Crippen molar-refractivity contribution in [1.29, 1.82) is 0 Å². The highest BCUT2D eigenvalue weighted by molar-refractivity contribution is 14.0. The van der Waals surface area contributed by atoms with Crippen LogP contribution in [-0.2, 0) is 11.3 Å². The summed E-state index contributed by atoms with van der Waals surface area (Å²) >= 11 is 0. The van der Waals surface area contributed by atoms with E-state index in [2.05, 4.69) is 54.6 Å². The highest BCUT2D eigenvalue weighted by Crippen LogP contribution is 1.96. The molecule has 0 unspecified atom stereocenters. The van der Waals surface area contributed by atoms with Crippen LogP contribution in [0.5, 0.6) is 0 Å². The standard InChI is InChI=1S/C17H33N5O.HI/c1-5-18-17(20-9-7-11-23-14-15(2)3)19-8-6-10-22-13-16(4)12-21-22;/h12-13,15H,5-11,14H2,1-4H3,(H2,18,19,20);1H. The number of aliphatic imine (C=N–C) groups is 1. The van der Waals surface area contributed by atoms with Gasteiger partial charge >= 0.3 is 0 Å². The predicted octanol–water partition coefficient (Wildman–Crippen LogP) is 2.82. The highest BCUT2D eigenvalue weighted by Gasteiger charge is 1.98. The molecule has 0 aliphatic carbocycles. The number of nitrogens with zero attached hydrogens (tertiary/aromatic N) is 3. The van der Waals surface area contributed by atoms with Crippen molar-refractivity contribution in [1.82, 2.24) is 20.4 Å². The number of rotatable bonds is 11. The van der Waals surface area contributed by atoms with Gasteiger partial charge in [0.2, 0.25) is 0 Å². The fourth-order valence-corrected chi connectivity index (χ4v) is 2.05. The molecule has 1 rings (SSSR count). The van der Waals surface area contributed by atoms with Crippen LogP contribution in [0.2, 0.25) is 0 Å². The molecular formula is C17H34IN5O. The van der Waals surface area contributed by atoms with Gasteiger partial charge in [0.15, 0.2) is 5.96 Å². The third kappa shape index (κ3) is 11.7. The zero-order valence-electron chi connectivity index (χ0n) is 15.5. The molecule has 0 aliphatic heterocycles. The average Bonchev–Trinajstić information content (AvgIpc) is 2.92. The van der Waals surface area contributed by atoms with Crippen molar-refractivity contribution >= 4 is 29.9 Å². The number of nitrogens with one attached hydrogen (secondary N) is 2. The number of ether oxygens (including phenoxy) is 1. The summed E-state index contributed by atoms with van der Waals surface area (Å²) in [6, 6.07) is 0. The first-order valence-electron chi connectivity index (χ1n) is 8.70. The number of hydrogen-bond donors (Lipinski definition) is 2. The summed E-state index contributed by atoms with van der Waals surface area (Å²) in [5.41, 5.74) is 1.20. The highest BCUT2D eigenvalue weighted by atomic mass is 127. The normalized spacial score (nSPS) is 11.5. The van der Waals surface area contributed by atoms with Crippen molar-refractivity contribution in [2.45, 2.75) is 47.1 Å².